The van der Waals surface area contributed by atoms with Gasteiger partial charge in [-0.1, -0.05) is 12.1 Å². The maximum absolute atomic E-state index is 11.4. The number of hydrogen-bond donors (Lipinski definition) is 2. The zero-order chi connectivity index (χ0) is 11.9. The van der Waals surface area contributed by atoms with Gasteiger partial charge in [-0.2, -0.15) is 0 Å². The maximum Gasteiger partial charge on any atom is 0.488 e. The first-order chi connectivity index (χ1) is 7.39. The summed E-state index contributed by atoms with van der Waals surface area (Å²) in [5, 5.41) is 18.0. The molecule has 0 aromatic heterocycles. The molecule has 1 aliphatic rings. The van der Waals surface area contributed by atoms with Crippen LogP contribution >= 0.6 is 0 Å². The van der Waals surface area contributed by atoms with Gasteiger partial charge >= 0.3 is 7.12 Å². The summed E-state index contributed by atoms with van der Waals surface area (Å²) in [4.78, 5) is 0. The van der Waals surface area contributed by atoms with Gasteiger partial charge in [-0.15, -0.1) is 0 Å². The third-order valence-corrected chi connectivity index (χ3v) is 3.83. The summed E-state index contributed by atoms with van der Waals surface area (Å²) >= 11 is 0. The van der Waals surface area contributed by atoms with E-state index in [4.69, 9.17) is 10.0 Å². The lowest BCUT2D eigenvalue weighted by atomic mass is 9.79. The zero-order valence-electron chi connectivity index (χ0n) is 8.79. The smallest absolute Gasteiger partial charge is 0.423 e. The van der Waals surface area contributed by atoms with E-state index < -0.39 is 17.1 Å². The van der Waals surface area contributed by atoms with Crippen LogP contribution in [0.15, 0.2) is 18.2 Å². The molecular weight excluding hydrogens is 229 g/mol. The lowest BCUT2D eigenvalue weighted by Crippen LogP contribution is -2.30. The second-order valence-electron chi connectivity index (χ2n) is 3.85. The van der Waals surface area contributed by atoms with Gasteiger partial charge in [0.15, 0.2) is 0 Å². The van der Waals surface area contributed by atoms with Crippen molar-refractivity contribution in [2.24, 2.45) is 0 Å². The van der Waals surface area contributed by atoms with Gasteiger partial charge in [0.1, 0.15) is 0 Å². The third-order valence-electron chi connectivity index (χ3n) is 2.65. The van der Waals surface area contributed by atoms with E-state index in [9.17, 15) is 8.42 Å². The topological polar surface area (TPSA) is 77.8 Å². The quantitative estimate of drug-likeness (QED) is 0.630. The van der Waals surface area contributed by atoms with Crippen LogP contribution in [0.25, 0.3) is 0 Å². The van der Waals surface area contributed by atoms with Crippen LogP contribution < -0.4 is 9.77 Å². The average Bonchev–Trinajstić information content (AvgIpc) is 2.58. The number of rotatable bonds is 2. The predicted octanol–water partition coefficient (Wildman–Crippen LogP) is -1.31. The lowest BCUT2D eigenvalue weighted by Gasteiger charge is -2.16. The Morgan fingerprint density at radius 2 is 2.06 bits per heavy atom. The van der Waals surface area contributed by atoms with E-state index in [-0.39, 0.29) is 0 Å². The highest BCUT2D eigenvalue weighted by Crippen LogP contribution is 2.28. The molecule has 16 heavy (non-hydrogen) atoms. The predicted molar refractivity (Wildman–Crippen MR) is 62.2 cm³/mol. The Morgan fingerprint density at radius 1 is 1.38 bits per heavy atom. The second kappa shape index (κ2) is 3.76. The molecule has 0 atom stereocenters. The van der Waals surface area contributed by atoms with Gasteiger partial charge in [-0.25, -0.2) is 8.42 Å². The summed E-state index contributed by atoms with van der Waals surface area (Å²) in [6.45, 7) is 0.416. The van der Waals surface area contributed by atoms with Crippen molar-refractivity contribution in [3.63, 3.8) is 0 Å². The average molecular weight is 241 g/mol. The number of sulfonamides is 1. The first kappa shape index (κ1) is 11.4. The Kier molecular flexibility index (Phi) is 2.69. The van der Waals surface area contributed by atoms with Crippen molar-refractivity contribution in [2.75, 3.05) is 17.1 Å². The van der Waals surface area contributed by atoms with Crippen LogP contribution in [0.5, 0.6) is 0 Å². The Labute approximate surface area is 94.5 Å². The molecule has 0 unspecified atom stereocenters. The van der Waals surface area contributed by atoms with Crippen molar-refractivity contribution in [3.8, 4) is 0 Å². The molecule has 0 fully saturated rings. The number of hydrogen-bond acceptors (Lipinski definition) is 4. The third kappa shape index (κ3) is 1.93. The minimum Gasteiger partial charge on any atom is -0.423 e. The minimum atomic E-state index is -3.24. The lowest BCUT2D eigenvalue weighted by molar-refractivity contribution is 0.425. The zero-order valence-corrected chi connectivity index (χ0v) is 9.61. The van der Waals surface area contributed by atoms with Crippen LogP contribution in [0, 0.1) is 0 Å². The minimum absolute atomic E-state index is 0.383. The Balaban J connectivity index is 2.44. The Morgan fingerprint density at radius 3 is 2.62 bits per heavy atom. The fraction of sp³-hybridized carbons (Fsp3) is 0.333. The summed E-state index contributed by atoms with van der Waals surface area (Å²) in [5.74, 6) is 0. The van der Waals surface area contributed by atoms with E-state index in [0.717, 1.165) is 11.8 Å². The first-order valence-corrected chi connectivity index (χ1v) is 6.71. The number of anilines is 1. The molecular formula is C9H12BNO4S. The molecule has 1 aromatic carbocycles. The summed E-state index contributed by atoms with van der Waals surface area (Å²) in [5.41, 5.74) is 1.84. The molecule has 0 spiro atoms. The maximum atomic E-state index is 11.4. The molecule has 0 saturated carbocycles. The standard InChI is InChI=1S/C9H12BNO4S/c1-16(14,15)11-5-4-7-6-8(10(12)13)2-3-9(7)11/h2-3,6,12-13H,4-5H2,1H3. The van der Waals surface area contributed by atoms with Gasteiger partial charge in [0.25, 0.3) is 0 Å². The monoisotopic (exact) mass is 241 g/mol. The van der Waals surface area contributed by atoms with Crippen LogP contribution in [-0.2, 0) is 16.4 Å². The molecule has 2 rings (SSSR count). The highest BCUT2D eigenvalue weighted by atomic mass is 32.2. The van der Waals surface area contributed by atoms with Gasteiger partial charge < -0.3 is 10.0 Å². The largest absolute Gasteiger partial charge is 0.488 e. The fourth-order valence-corrected chi connectivity index (χ4v) is 2.85. The summed E-state index contributed by atoms with van der Waals surface area (Å²) in [6.07, 6.45) is 1.76. The van der Waals surface area contributed by atoms with Crippen molar-refractivity contribution in [3.05, 3.63) is 23.8 Å². The van der Waals surface area contributed by atoms with Crippen molar-refractivity contribution in [1.82, 2.24) is 0 Å². The molecule has 1 aliphatic heterocycles. The second-order valence-corrected chi connectivity index (χ2v) is 5.75. The van der Waals surface area contributed by atoms with E-state index in [1.807, 2.05) is 0 Å². The normalized spacial score (nSPS) is 15.1. The highest BCUT2D eigenvalue weighted by molar-refractivity contribution is 7.92. The van der Waals surface area contributed by atoms with Gasteiger partial charge in [0.05, 0.1) is 11.9 Å². The molecule has 7 heteroatoms. The van der Waals surface area contributed by atoms with Crippen LogP contribution in [0.3, 0.4) is 0 Å². The van der Waals surface area contributed by atoms with Crippen molar-refractivity contribution in [2.45, 2.75) is 6.42 Å². The molecule has 1 heterocycles. The van der Waals surface area contributed by atoms with Crippen LogP contribution in [-0.4, -0.2) is 38.4 Å². The highest BCUT2D eigenvalue weighted by Gasteiger charge is 2.27. The number of benzene rings is 1. The van der Waals surface area contributed by atoms with E-state index in [0.29, 0.717) is 24.1 Å². The van der Waals surface area contributed by atoms with Crippen molar-refractivity contribution in [1.29, 1.82) is 0 Å². The summed E-state index contributed by atoms with van der Waals surface area (Å²) < 4.78 is 24.2. The Bertz CT molecular complexity index is 514. The molecule has 2 N–H and O–H groups in total. The van der Waals surface area contributed by atoms with Crippen molar-refractivity contribution < 1.29 is 18.5 Å². The SMILES string of the molecule is CS(=O)(=O)N1CCc2cc(B(O)O)ccc21. The van der Waals surface area contributed by atoms with Crippen molar-refractivity contribution >= 4 is 28.3 Å². The van der Waals surface area contributed by atoms with Gasteiger partial charge in [0, 0.05) is 6.54 Å². The Hall–Kier alpha value is -1.05. The first-order valence-electron chi connectivity index (χ1n) is 4.86. The summed E-state index contributed by atoms with van der Waals surface area (Å²) in [7, 11) is -4.76. The van der Waals surface area contributed by atoms with E-state index in [2.05, 4.69) is 0 Å². The molecule has 86 valence electrons. The molecule has 0 aliphatic carbocycles. The van der Waals surface area contributed by atoms with E-state index >= 15 is 0 Å². The van der Waals surface area contributed by atoms with Gasteiger partial charge in [-0.3, -0.25) is 4.31 Å². The van der Waals surface area contributed by atoms with Crippen LogP contribution in [0.2, 0.25) is 0 Å². The molecule has 0 saturated heterocycles. The van der Waals surface area contributed by atoms with Crippen LogP contribution in [0.4, 0.5) is 5.69 Å². The van der Waals surface area contributed by atoms with Gasteiger partial charge in [0.2, 0.25) is 10.0 Å². The molecule has 0 bridgehead atoms. The van der Waals surface area contributed by atoms with E-state index in [1.54, 1.807) is 12.1 Å². The van der Waals surface area contributed by atoms with Crippen LogP contribution in [0.1, 0.15) is 5.56 Å². The molecule has 0 radical (unpaired) electrons. The summed E-state index contributed by atoms with van der Waals surface area (Å²) in [6, 6.07) is 4.76. The molecule has 0 amide bonds. The number of nitrogens with zero attached hydrogens (tertiary/aromatic N) is 1. The van der Waals surface area contributed by atoms with E-state index in [1.165, 1.54) is 10.4 Å². The molecule has 1 aromatic rings. The number of fused-ring (bicyclic) bond motifs is 1. The van der Waals surface area contributed by atoms with Gasteiger partial charge in [-0.05, 0) is 23.5 Å². The fourth-order valence-electron chi connectivity index (χ4n) is 1.90. The molecule has 5 nitrogen and oxygen atoms in total.